The Labute approximate surface area is 148 Å². The maximum Gasteiger partial charge on any atom is 0.260 e. The van der Waals surface area contributed by atoms with Crippen LogP contribution in [0.25, 0.3) is 22.2 Å². The van der Waals surface area contributed by atoms with Gasteiger partial charge in [-0.2, -0.15) is 0 Å². The first-order valence-corrected chi connectivity index (χ1v) is 9.00. The molecule has 3 rings (SSSR count). The van der Waals surface area contributed by atoms with E-state index < -0.39 is 0 Å². The lowest BCUT2D eigenvalue weighted by Gasteiger charge is -2.10. The summed E-state index contributed by atoms with van der Waals surface area (Å²) >= 11 is 0. The third kappa shape index (κ3) is 4.05. The molecule has 1 aromatic carbocycles. The van der Waals surface area contributed by atoms with Crippen LogP contribution in [0.1, 0.15) is 32.6 Å². The van der Waals surface area contributed by atoms with Crippen LogP contribution in [0.4, 0.5) is 0 Å². The fourth-order valence-electron chi connectivity index (χ4n) is 3.01. The number of benzene rings is 1. The van der Waals surface area contributed by atoms with Gasteiger partial charge in [0, 0.05) is 23.7 Å². The third-order valence-electron chi connectivity index (χ3n) is 4.36. The van der Waals surface area contributed by atoms with Gasteiger partial charge in [-0.3, -0.25) is 9.36 Å². The van der Waals surface area contributed by atoms with Crippen LogP contribution in [0.2, 0.25) is 0 Å². The fraction of sp³-hybridized carbons (Fsp3) is 0.273. The number of nitrogens with zero attached hydrogens (tertiary/aromatic N) is 2. The predicted molar refractivity (Wildman–Crippen MR) is 105 cm³/mol. The van der Waals surface area contributed by atoms with Crippen LogP contribution in [0, 0.1) is 0 Å². The molecular weight excluding hydrogens is 308 g/mol. The average Bonchev–Trinajstić information content (AvgIpc) is 2.66. The van der Waals surface area contributed by atoms with E-state index in [0.717, 1.165) is 28.6 Å². The van der Waals surface area contributed by atoms with Crippen molar-refractivity contribution in [2.24, 2.45) is 0 Å². The molecule has 0 unspecified atom stereocenters. The molecule has 0 bridgehead atoms. The number of pyridine rings is 2. The summed E-state index contributed by atoms with van der Waals surface area (Å²) in [5.74, 6) is 0. The van der Waals surface area contributed by atoms with Crippen LogP contribution >= 0.6 is 0 Å². The molecule has 0 saturated heterocycles. The van der Waals surface area contributed by atoms with E-state index in [-0.39, 0.29) is 5.56 Å². The summed E-state index contributed by atoms with van der Waals surface area (Å²) in [7, 11) is 0. The summed E-state index contributed by atoms with van der Waals surface area (Å²) in [5, 5.41) is 0.986. The average molecular weight is 332 g/mol. The van der Waals surface area contributed by atoms with Crippen LogP contribution in [-0.2, 0) is 6.54 Å². The zero-order valence-corrected chi connectivity index (χ0v) is 14.7. The number of fused-ring (bicyclic) bond motifs is 1. The van der Waals surface area contributed by atoms with E-state index in [2.05, 4.69) is 24.1 Å². The van der Waals surface area contributed by atoms with E-state index >= 15 is 0 Å². The molecule has 3 aromatic rings. The van der Waals surface area contributed by atoms with E-state index in [4.69, 9.17) is 0 Å². The minimum atomic E-state index is 0.00982. The summed E-state index contributed by atoms with van der Waals surface area (Å²) in [5.41, 5.74) is 2.42. The van der Waals surface area contributed by atoms with Crippen LogP contribution in [0.15, 0.2) is 71.7 Å². The Hall–Kier alpha value is -2.68. The van der Waals surface area contributed by atoms with Crippen molar-refractivity contribution < 1.29 is 0 Å². The highest BCUT2D eigenvalue weighted by molar-refractivity contribution is 5.81. The quantitative estimate of drug-likeness (QED) is 0.440. The standard InChI is InChI=1S/C22H24N2O/c1-2-3-4-5-6-10-16-24-21-19(14-11-15-23-21)17-20(22(24)25)18-12-8-7-9-13-18/h6-15,17H,2-5,16H2,1H3. The second-order valence-corrected chi connectivity index (χ2v) is 6.22. The number of aromatic nitrogens is 2. The van der Waals surface area contributed by atoms with Gasteiger partial charge >= 0.3 is 0 Å². The van der Waals surface area contributed by atoms with Crippen LogP contribution < -0.4 is 5.56 Å². The molecule has 0 N–H and O–H groups in total. The molecule has 2 aromatic heterocycles. The molecule has 0 amide bonds. The molecule has 3 heteroatoms. The molecule has 0 spiro atoms. The van der Waals surface area contributed by atoms with Gasteiger partial charge in [-0.25, -0.2) is 4.98 Å². The molecule has 3 nitrogen and oxygen atoms in total. The highest BCUT2D eigenvalue weighted by Gasteiger charge is 2.10. The topological polar surface area (TPSA) is 34.9 Å². The first kappa shape index (κ1) is 17.2. The van der Waals surface area contributed by atoms with E-state index in [9.17, 15) is 4.79 Å². The molecule has 0 aliphatic rings. The number of hydrogen-bond donors (Lipinski definition) is 0. The largest absolute Gasteiger partial charge is 0.288 e. The predicted octanol–water partition coefficient (Wildman–Crippen LogP) is 5.20. The second-order valence-electron chi connectivity index (χ2n) is 6.22. The molecule has 25 heavy (non-hydrogen) atoms. The molecule has 128 valence electrons. The molecule has 2 heterocycles. The number of hydrogen-bond acceptors (Lipinski definition) is 2. The monoisotopic (exact) mass is 332 g/mol. The third-order valence-corrected chi connectivity index (χ3v) is 4.36. The van der Waals surface area contributed by atoms with Gasteiger partial charge in [0.15, 0.2) is 0 Å². The van der Waals surface area contributed by atoms with Crippen molar-refractivity contribution in [2.45, 2.75) is 39.2 Å². The van der Waals surface area contributed by atoms with Crippen molar-refractivity contribution in [1.82, 2.24) is 9.55 Å². The Morgan fingerprint density at radius 1 is 1.04 bits per heavy atom. The van der Waals surface area contributed by atoms with Gasteiger partial charge < -0.3 is 0 Å². The second kappa shape index (κ2) is 8.43. The molecule has 0 saturated carbocycles. The van der Waals surface area contributed by atoms with Crippen molar-refractivity contribution in [2.75, 3.05) is 0 Å². The summed E-state index contributed by atoms with van der Waals surface area (Å²) in [4.78, 5) is 17.5. The van der Waals surface area contributed by atoms with Crippen LogP contribution in [0.5, 0.6) is 0 Å². The van der Waals surface area contributed by atoms with Gasteiger partial charge in [0.25, 0.3) is 5.56 Å². The normalized spacial score (nSPS) is 11.4. The van der Waals surface area contributed by atoms with Gasteiger partial charge in [-0.15, -0.1) is 0 Å². The Balaban J connectivity index is 1.98. The number of rotatable bonds is 7. The Morgan fingerprint density at radius 3 is 2.68 bits per heavy atom. The highest BCUT2D eigenvalue weighted by Crippen LogP contribution is 2.19. The van der Waals surface area contributed by atoms with Crippen molar-refractivity contribution in [3.63, 3.8) is 0 Å². The Bertz CT molecular complexity index is 910. The SMILES string of the molecule is CCCCCC=CCn1c(=O)c(-c2ccccc2)cc2cccnc21. The first-order chi connectivity index (χ1) is 12.3. The molecule has 0 aliphatic carbocycles. The Morgan fingerprint density at radius 2 is 1.88 bits per heavy atom. The van der Waals surface area contributed by atoms with Crippen LogP contribution in [0.3, 0.4) is 0 Å². The van der Waals surface area contributed by atoms with E-state index in [1.54, 1.807) is 10.8 Å². The van der Waals surface area contributed by atoms with Crippen molar-refractivity contribution in [3.05, 3.63) is 77.2 Å². The highest BCUT2D eigenvalue weighted by atomic mass is 16.1. The lowest BCUT2D eigenvalue weighted by atomic mass is 10.1. The van der Waals surface area contributed by atoms with E-state index in [1.165, 1.54) is 19.3 Å². The first-order valence-electron chi connectivity index (χ1n) is 9.00. The summed E-state index contributed by atoms with van der Waals surface area (Å²) < 4.78 is 1.77. The summed E-state index contributed by atoms with van der Waals surface area (Å²) in [6, 6.07) is 15.7. The van der Waals surface area contributed by atoms with Gasteiger partial charge in [0.2, 0.25) is 0 Å². The molecular formula is C22H24N2O. The molecule has 0 radical (unpaired) electrons. The molecule has 0 aliphatic heterocycles. The summed E-state index contributed by atoms with van der Waals surface area (Å²) in [6.45, 7) is 2.76. The smallest absolute Gasteiger partial charge is 0.260 e. The Kier molecular flexibility index (Phi) is 5.78. The van der Waals surface area contributed by atoms with Gasteiger partial charge in [0.05, 0.1) is 0 Å². The molecule has 0 fully saturated rings. The van der Waals surface area contributed by atoms with Gasteiger partial charge in [0.1, 0.15) is 5.65 Å². The lowest BCUT2D eigenvalue weighted by Crippen LogP contribution is -2.22. The minimum Gasteiger partial charge on any atom is -0.288 e. The van der Waals surface area contributed by atoms with E-state index in [1.807, 2.05) is 48.5 Å². The van der Waals surface area contributed by atoms with Gasteiger partial charge in [-0.05, 0) is 36.6 Å². The van der Waals surface area contributed by atoms with Crippen LogP contribution in [-0.4, -0.2) is 9.55 Å². The van der Waals surface area contributed by atoms with Crippen molar-refractivity contribution in [3.8, 4) is 11.1 Å². The van der Waals surface area contributed by atoms with Crippen molar-refractivity contribution >= 4 is 11.0 Å². The van der Waals surface area contributed by atoms with Crippen molar-refractivity contribution in [1.29, 1.82) is 0 Å². The maximum absolute atomic E-state index is 13.0. The van der Waals surface area contributed by atoms with Gasteiger partial charge in [-0.1, -0.05) is 62.2 Å². The number of unbranched alkanes of at least 4 members (excludes halogenated alkanes) is 3. The van der Waals surface area contributed by atoms with E-state index in [0.29, 0.717) is 6.54 Å². The zero-order valence-electron chi connectivity index (χ0n) is 14.7. The fourth-order valence-corrected chi connectivity index (χ4v) is 3.01. The maximum atomic E-state index is 13.0. The zero-order chi connectivity index (χ0) is 17.5. The summed E-state index contributed by atoms with van der Waals surface area (Å²) in [6.07, 6.45) is 10.7. The minimum absolute atomic E-state index is 0.00982. The molecule has 0 atom stereocenters. The lowest BCUT2D eigenvalue weighted by molar-refractivity contribution is 0.725. The number of allylic oxidation sites excluding steroid dienone is 2.